The van der Waals surface area contributed by atoms with Crippen LogP contribution >= 0.6 is 12.4 Å². The van der Waals surface area contributed by atoms with Crippen molar-refractivity contribution >= 4 is 18.3 Å². The topological polar surface area (TPSA) is 44.4 Å². The first-order valence-electron chi connectivity index (χ1n) is 8.60. The molecule has 0 bridgehead atoms. The minimum Gasteiger partial charge on any atom is -0.352 e. The fourth-order valence-corrected chi connectivity index (χ4v) is 3.20. The van der Waals surface area contributed by atoms with Gasteiger partial charge in [0.2, 0.25) is 5.91 Å². The van der Waals surface area contributed by atoms with Gasteiger partial charge in [-0.25, -0.2) is 0 Å². The van der Waals surface area contributed by atoms with E-state index in [1.165, 1.54) is 49.9 Å². The summed E-state index contributed by atoms with van der Waals surface area (Å²) in [6.07, 6.45) is 5.40. The van der Waals surface area contributed by atoms with E-state index >= 15 is 0 Å². The van der Waals surface area contributed by atoms with Crippen molar-refractivity contribution in [1.82, 2.24) is 15.5 Å². The summed E-state index contributed by atoms with van der Waals surface area (Å²) < 4.78 is 0. The molecule has 1 aromatic carbocycles. The molecule has 3 rings (SSSR count). The van der Waals surface area contributed by atoms with E-state index < -0.39 is 0 Å². The summed E-state index contributed by atoms with van der Waals surface area (Å²) in [6, 6.07) is 8.65. The predicted molar refractivity (Wildman–Crippen MR) is 95.6 cm³/mol. The van der Waals surface area contributed by atoms with Gasteiger partial charge in [-0.15, -0.1) is 12.4 Å². The largest absolute Gasteiger partial charge is 0.352 e. The quantitative estimate of drug-likeness (QED) is 0.866. The van der Waals surface area contributed by atoms with Crippen molar-refractivity contribution in [2.75, 3.05) is 26.2 Å². The Morgan fingerprint density at radius 3 is 2.48 bits per heavy atom. The summed E-state index contributed by atoms with van der Waals surface area (Å²) in [5, 5.41) is 6.18. The molecular weight excluding hydrogens is 310 g/mol. The van der Waals surface area contributed by atoms with Crippen LogP contribution in [-0.2, 0) is 17.9 Å². The molecule has 0 aliphatic carbocycles. The van der Waals surface area contributed by atoms with Gasteiger partial charge in [0.25, 0.3) is 0 Å². The lowest BCUT2D eigenvalue weighted by molar-refractivity contribution is -0.126. The monoisotopic (exact) mass is 337 g/mol. The first-order valence-corrected chi connectivity index (χ1v) is 8.60. The summed E-state index contributed by atoms with van der Waals surface area (Å²) in [5.41, 5.74) is 2.56. The summed E-state index contributed by atoms with van der Waals surface area (Å²) in [5.74, 6) is 0.344. The Bertz CT molecular complexity index is 497. The second-order valence-corrected chi connectivity index (χ2v) is 6.58. The lowest BCUT2D eigenvalue weighted by atomic mass is 10.0. The third-order valence-corrected chi connectivity index (χ3v) is 4.72. The van der Waals surface area contributed by atoms with E-state index in [4.69, 9.17) is 0 Å². The molecule has 1 amide bonds. The average molecular weight is 338 g/mol. The molecule has 0 saturated carbocycles. The molecule has 2 N–H and O–H groups in total. The number of hydrogen-bond donors (Lipinski definition) is 2. The molecule has 2 aliphatic rings. The van der Waals surface area contributed by atoms with Crippen LogP contribution in [0, 0.1) is 5.92 Å². The zero-order valence-electron chi connectivity index (χ0n) is 13.7. The van der Waals surface area contributed by atoms with Crippen LogP contribution < -0.4 is 10.6 Å². The highest BCUT2D eigenvalue weighted by atomic mass is 35.5. The van der Waals surface area contributed by atoms with Gasteiger partial charge in [-0.2, -0.15) is 0 Å². The molecule has 2 aliphatic heterocycles. The summed E-state index contributed by atoms with van der Waals surface area (Å²) in [6.45, 7) is 5.75. The first kappa shape index (κ1) is 18.2. The Labute approximate surface area is 145 Å². The molecule has 2 fully saturated rings. The molecule has 1 aromatic rings. The maximum absolute atomic E-state index is 11.9. The van der Waals surface area contributed by atoms with Gasteiger partial charge in [-0.3, -0.25) is 9.69 Å². The number of halogens is 1. The number of carbonyl (C=O) groups is 1. The van der Waals surface area contributed by atoms with Crippen molar-refractivity contribution < 1.29 is 4.79 Å². The highest BCUT2D eigenvalue weighted by Crippen LogP contribution is 2.14. The van der Waals surface area contributed by atoms with Crippen LogP contribution in [0.3, 0.4) is 0 Å². The van der Waals surface area contributed by atoms with Gasteiger partial charge >= 0.3 is 0 Å². The minimum atomic E-state index is 0. The molecule has 4 nitrogen and oxygen atoms in total. The molecule has 23 heavy (non-hydrogen) atoms. The first-order chi connectivity index (χ1) is 10.8. The minimum absolute atomic E-state index is 0. The molecule has 0 radical (unpaired) electrons. The van der Waals surface area contributed by atoms with Crippen molar-refractivity contribution in [1.29, 1.82) is 0 Å². The van der Waals surface area contributed by atoms with Crippen molar-refractivity contribution in [3.05, 3.63) is 35.4 Å². The average Bonchev–Trinajstić information content (AvgIpc) is 2.72. The highest BCUT2D eigenvalue weighted by Gasteiger charge is 2.24. The number of rotatable bonds is 5. The Balaban J connectivity index is 0.00000192. The number of carbonyl (C=O) groups excluding carboxylic acids is 1. The number of nitrogens with zero attached hydrogens (tertiary/aromatic N) is 1. The molecule has 2 heterocycles. The van der Waals surface area contributed by atoms with Gasteiger partial charge in [0, 0.05) is 26.2 Å². The Morgan fingerprint density at radius 2 is 1.83 bits per heavy atom. The lowest BCUT2D eigenvalue weighted by Crippen LogP contribution is -2.50. The molecule has 128 valence electrons. The smallest absolute Gasteiger partial charge is 0.225 e. The molecule has 5 heteroatoms. The zero-order valence-corrected chi connectivity index (χ0v) is 14.5. The summed E-state index contributed by atoms with van der Waals surface area (Å²) >= 11 is 0. The number of benzene rings is 1. The molecule has 0 aromatic heterocycles. The second-order valence-electron chi connectivity index (χ2n) is 6.58. The van der Waals surface area contributed by atoms with E-state index in [2.05, 4.69) is 39.8 Å². The van der Waals surface area contributed by atoms with Gasteiger partial charge in [0.05, 0.1) is 5.92 Å². The van der Waals surface area contributed by atoms with Crippen LogP contribution in [0.25, 0.3) is 0 Å². The Morgan fingerprint density at radius 1 is 1.13 bits per heavy atom. The molecule has 2 saturated heterocycles. The van der Waals surface area contributed by atoms with Crippen LogP contribution in [0.2, 0.25) is 0 Å². The van der Waals surface area contributed by atoms with Crippen LogP contribution in [0.5, 0.6) is 0 Å². The van der Waals surface area contributed by atoms with E-state index in [9.17, 15) is 4.79 Å². The molecule has 0 spiro atoms. The van der Waals surface area contributed by atoms with Gasteiger partial charge in [0.15, 0.2) is 0 Å². The number of hydrogen-bond acceptors (Lipinski definition) is 3. The second kappa shape index (κ2) is 9.26. The van der Waals surface area contributed by atoms with E-state index in [0.29, 0.717) is 6.54 Å². The van der Waals surface area contributed by atoms with Crippen LogP contribution in [0.15, 0.2) is 24.3 Å². The van der Waals surface area contributed by atoms with Crippen LogP contribution in [0.4, 0.5) is 0 Å². The van der Waals surface area contributed by atoms with E-state index in [1.54, 1.807) is 0 Å². The maximum atomic E-state index is 11.9. The van der Waals surface area contributed by atoms with E-state index in [1.807, 2.05) is 0 Å². The lowest BCUT2D eigenvalue weighted by Gasteiger charge is -2.25. The fraction of sp³-hybridized carbons (Fsp3) is 0.611. The predicted octanol–water partition coefficient (Wildman–Crippen LogP) is 2.32. The maximum Gasteiger partial charge on any atom is 0.225 e. The summed E-state index contributed by atoms with van der Waals surface area (Å²) in [4.78, 5) is 14.4. The number of amides is 1. The van der Waals surface area contributed by atoms with E-state index in [0.717, 1.165) is 19.6 Å². The Hall–Kier alpha value is -1.10. The van der Waals surface area contributed by atoms with Crippen LogP contribution in [0.1, 0.15) is 36.8 Å². The third-order valence-electron chi connectivity index (χ3n) is 4.72. The standard InChI is InChI=1S/C18H27N3O.ClH/c22-18(17-12-19-13-17)20-11-15-6-5-7-16(10-15)14-21-8-3-1-2-4-9-21;/h5-7,10,17,19H,1-4,8-9,11-14H2,(H,20,22);1H. The molecule has 0 unspecified atom stereocenters. The van der Waals surface area contributed by atoms with Gasteiger partial charge < -0.3 is 10.6 Å². The Kier molecular flexibility index (Phi) is 7.34. The number of nitrogens with one attached hydrogen (secondary N) is 2. The normalized spacial score (nSPS) is 19.3. The van der Waals surface area contributed by atoms with Crippen LogP contribution in [-0.4, -0.2) is 37.0 Å². The van der Waals surface area contributed by atoms with Crippen molar-refractivity contribution in [2.24, 2.45) is 5.92 Å². The zero-order chi connectivity index (χ0) is 15.2. The van der Waals surface area contributed by atoms with Gasteiger partial charge in [-0.05, 0) is 37.1 Å². The van der Waals surface area contributed by atoms with Crippen molar-refractivity contribution in [3.8, 4) is 0 Å². The molecule has 0 atom stereocenters. The molecular formula is C18H28ClN3O. The third kappa shape index (κ3) is 5.48. The van der Waals surface area contributed by atoms with Gasteiger partial charge in [0.1, 0.15) is 0 Å². The summed E-state index contributed by atoms with van der Waals surface area (Å²) in [7, 11) is 0. The van der Waals surface area contributed by atoms with Crippen molar-refractivity contribution in [3.63, 3.8) is 0 Å². The SMILES string of the molecule is Cl.O=C(NCc1cccc(CN2CCCCCC2)c1)C1CNC1. The van der Waals surface area contributed by atoms with Gasteiger partial charge in [-0.1, -0.05) is 37.1 Å². The van der Waals surface area contributed by atoms with E-state index in [-0.39, 0.29) is 24.2 Å². The highest BCUT2D eigenvalue weighted by molar-refractivity contribution is 5.85. The van der Waals surface area contributed by atoms with Crippen molar-refractivity contribution in [2.45, 2.75) is 38.8 Å². The fourth-order valence-electron chi connectivity index (χ4n) is 3.20. The number of likely N-dealkylation sites (tertiary alicyclic amines) is 1.